The topological polar surface area (TPSA) is 74.1 Å². The molecular formula is C22H24F3N5O2. The van der Waals surface area contributed by atoms with Crippen LogP contribution < -0.4 is 14.8 Å². The van der Waals surface area contributed by atoms with Gasteiger partial charge in [0.1, 0.15) is 5.52 Å². The Hall–Kier alpha value is -3.04. The van der Waals surface area contributed by atoms with Crippen LogP contribution in [0.25, 0.3) is 11.2 Å². The molecule has 0 amide bonds. The van der Waals surface area contributed by atoms with Crippen LogP contribution in [0.4, 0.5) is 19.1 Å². The van der Waals surface area contributed by atoms with E-state index in [0.717, 1.165) is 50.3 Å². The first-order chi connectivity index (χ1) is 15.4. The van der Waals surface area contributed by atoms with Crippen molar-refractivity contribution in [3.8, 4) is 11.5 Å². The van der Waals surface area contributed by atoms with Crippen LogP contribution in [-0.4, -0.2) is 38.8 Å². The highest BCUT2D eigenvalue weighted by atomic mass is 19.4. The molecule has 1 N–H and O–H groups in total. The van der Waals surface area contributed by atoms with E-state index >= 15 is 0 Å². The standard InChI is InChI=1S/C22H24F3N5O2/c1-31-17-9-6-13(10-18(17)32-15-4-2-3-5-15)12-30-19-16(28-21(30)27-14-7-8-14)11-26-20(29-19)22(23,24)25/h6,9-11,14-15H,2-5,7-8,12H2,1H3,(H,27,28). The summed E-state index contributed by atoms with van der Waals surface area (Å²) < 4.78 is 53.0. The lowest BCUT2D eigenvalue weighted by molar-refractivity contribution is -0.144. The molecule has 32 heavy (non-hydrogen) atoms. The summed E-state index contributed by atoms with van der Waals surface area (Å²) in [6.45, 7) is 0.283. The van der Waals surface area contributed by atoms with Gasteiger partial charge in [-0.2, -0.15) is 13.2 Å². The highest BCUT2D eigenvalue weighted by molar-refractivity contribution is 5.74. The molecule has 10 heteroatoms. The number of hydrogen-bond acceptors (Lipinski definition) is 6. The van der Waals surface area contributed by atoms with Crippen molar-refractivity contribution in [3.05, 3.63) is 35.8 Å². The summed E-state index contributed by atoms with van der Waals surface area (Å²) in [6.07, 6.45) is 2.96. The number of fused-ring (bicyclic) bond motifs is 1. The van der Waals surface area contributed by atoms with Gasteiger partial charge in [-0.05, 0) is 56.2 Å². The van der Waals surface area contributed by atoms with E-state index in [1.165, 1.54) is 0 Å². The van der Waals surface area contributed by atoms with E-state index in [1.54, 1.807) is 11.7 Å². The number of rotatable bonds is 7. The van der Waals surface area contributed by atoms with Gasteiger partial charge in [0.15, 0.2) is 17.1 Å². The van der Waals surface area contributed by atoms with Gasteiger partial charge in [0.2, 0.25) is 11.8 Å². The molecule has 0 atom stereocenters. The van der Waals surface area contributed by atoms with Crippen molar-refractivity contribution in [3.63, 3.8) is 0 Å². The van der Waals surface area contributed by atoms with Gasteiger partial charge in [0, 0.05) is 6.04 Å². The minimum absolute atomic E-state index is 0.143. The van der Waals surface area contributed by atoms with Crippen molar-refractivity contribution < 1.29 is 22.6 Å². The van der Waals surface area contributed by atoms with Gasteiger partial charge in [0.05, 0.1) is 26.0 Å². The number of imidazole rings is 1. The molecule has 0 saturated heterocycles. The Kier molecular flexibility index (Phi) is 5.30. The van der Waals surface area contributed by atoms with Crippen molar-refractivity contribution in [2.24, 2.45) is 0 Å². The van der Waals surface area contributed by atoms with Gasteiger partial charge >= 0.3 is 6.18 Å². The van der Waals surface area contributed by atoms with Crippen LogP contribution >= 0.6 is 0 Å². The minimum Gasteiger partial charge on any atom is -0.493 e. The molecule has 1 aromatic carbocycles. The van der Waals surface area contributed by atoms with Crippen molar-refractivity contribution >= 4 is 17.1 Å². The summed E-state index contributed by atoms with van der Waals surface area (Å²) in [5.41, 5.74) is 1.31. The van der Waals surface area contributed by atoms with Gasteiger partial charge in [-0.15, -0.1) is 0 Å². The van der Waals surface area contributed by atoms with E-state index in [9.17, 15) is 13.2 Å². The summed E-state index contributed by atoms with van der Waals surface area (Å²) in [7, 11) is 1.59. The number of nitrogens with zero attached hydrogens (tertiary/aromatic N) is 4. The van der Waals surface area contributed by atoms with Crippen LogP contribution in [0, 0.1) is 0 Å². The number of hydrogen-bond donors (Lipinski definition) is 1. The molecule has 7 nitrogen and oxygen atoms in total. The first kappa shape index (κ1) is 20.8. The van der Waals surface area contributed by atoms with Crippen LogP contribution in [0.15, 0.2) is 24.4 Å². The molecule has 170 valence electrons. The predicted octanol–water partition coefficient (Wildman–Crippen LogP) is 4.80. The Bertz CT molecular complexity index is 1120. The quantitative estimate of drug-likeness (QED) is 0.561. The number of halogens is 3. The van der Waals surface area contributed by atoms with Gasteiger partial charge < -0.3 is 14.8 Å². The van der Waals surface area contributed by atoms with Crippen LogP contribution in [0.2, 0.25) is 0 Å². The summed E-state index contributed by atoms with van der Waals surface area (Å²) in [5.74, 6) is 0.590. The highest BCUT2D eigenvalue weighted by Crippen LogP contribution is 2.34. The lowest BCUT2D eigenvalue weighted by Crippen LogP contribution is -2.14. The third kappa shape index (κ3) is 4.31. The highest BCUT2D eigenvalue weighted by Gasteiger charge is 2.35. The number of anilines is 1. The number of ether oxygens (including phenoxy) is 2. The van der Waals surface area contributed by atoms with Gasteiger partial charge in [-0.3, -0.25) is 4.57 Å². The summed E-state index contributed by atoms with van der Waals surface area (Å²) >= 11 is 0. The third-order valence-corrected chi connectivity index (χ3v) is 5.82. The maximum Gasteiger partial charge on any atom is 0.451 e. The van der Waals surface area contributed by atoms with Gasteiger partial charge in [-0.25, -0.2) is 15.0 Å². The van der Waals surface area contributed by atoms with Crippen LogP contribution in [0.1, 0.15) is 49.9 Å². The molecule has 2 heterocycles. The fourth-order valence-corrected chi connectivity index (χ4v) is 4.01. The van der Waals surface area contributed by atoms with Gasteiger partial charge in [-0.1, -0.05) is 6.07 Å². The first-order valence-corrected chi connectivity index (χ1v) is 10.8. The van der Waals surface area contributed by atoms with E-state index in [4.69, 9.17) is 9.47 Å². The van der Waals surface area contributed by atoms with E-state index in [0.29, 0.717) is 23.0 Å². The minimum atomic E-state index is -4.63. The van der Waals surface area contributed by atoms with Crippen LogP contribution in [0.5, 0.6) is 11.5 Å². The molecule has 0 spiro atoms. The van der Waals surface area contributed by atoms with E-state index < -0.39 is 12.0 Å². The number of nitrogens with one attached hydrogen (secondary N) is 1. The molecule has 2 aliphatic carbocycles. The maximum atomic E-state index is 13.2. The van der Waals surface area contributed by atoms with Gasteiger partial charge in [0.25, 0.3) is 0 Å². The van der Waals surface area contributed by atoms with Crippen LogP contribution in [0.3, 0.4) is 0 Å². The average molecular weight is 447 g/mol. The van der Waals surface area contributed by atoms with E-state index in [1.807, 2.05) is 18.2 Å². The molecule has 0 radical (unpaired) electrons. The lowest BCUT2D eigenvalue weighted by atomic mass is 10.2. The Morgan fingerprint density at radius 1 is 1.09 bits per heavy atom. The normalized spacial score (nSPS) is 17.1. The molecule has 0 unspecified atom stereocenters. The molecule has 2 saturated carbocycles. The molecular weight excluding hydrogens is 423 g/mol. The third-order valence-electron chi connectivity index (χ3n) is 5.82. The second kappa shape index (κ2) is 8.14. The molecule has 3 aromatic rings. The molecule has 2 aromatic heterocycles. The second-order valence-electron chi connectivity index (χ2n) is 8.35. The average Bonchev–Trinajstić information content (AvgIpc) is 3.31. The van der Waals surface area contributed by atoms with E-state index in [-0.39, 0.29) is 24.3 Å². The molecule has 0 bridgehead atoms. The smallest absolute Gasteiger partial charge is 0.451 e. The molecule has 2 aliphatic rings. The molecule has 2 fully saturated rings. The Morgan fingerprint density at radius 3 is 2.56 bits per heavy atom. The number of benzene rings is 1. The molecule has 0 aliphatic heterocycles. The summed E-state index contributed by atoms with van der Waals surface area (Å²) in [5, 5.41) is 3.30. The zero-order chi connectivity index (χ0) is 22.3. The first-order valence-electron chi connectivity index (χ1n) is 10.8. The predicted molar refractivity (Wildman–Crippen MR) is 112 cm³/mol. The molecule has 5 rings (SSSR count). The van der Waals surface area contributed by atoms with Crippen molar-refractivity contribution in [1.82, 2.24) is 19.5 Å². The van der Waals surface area contributed by atoms with E-state index in [2.05, 4.69) is 20.3 Å². The lowest BCUT2D eigenvalue weighted by Gasteiger charge is -2.17. The monoisotopic (exact) mass is 447 g/mol. The number of methoxy groups -OCH3 is 1. The van der Waals surface area contributed by atoms with Crippen LogP contribution in [-0.2, 0) is 12.7 Å². The van der Waals surface area contributed by atoms with Crippen molar-refractivity contribution in [2.45, 2.75) is 63.4 Å². The maximum absolute atomic E-state index is 13.2. The second-order valence-corrected chi connectivity index (χ2v) is 8.35. The zero-order valence-corrected chi connectivity index (χ0v) is 17.7. The SMILES string of the molecule is COc1ccc(Cn2c(NC3CC3)nc3cnc(C(F)(F)F)nc32)cc1OC1CCCC1. The van der Waals surface area contributed by atoms with Crippen molar-refractivity contribution in [1.29, 1.82) is 0 Å². The Morgan fingerprint density at radius 2 is 1.88 bits per heavy atom. The largest absolute Gasteiger partial charge is 0.493 e. The summed E-state index contributed by atoms with van der Waals surface area (Å²) in [4.78, 5) is 11.7. The fourth-order valence-electron chi connectivity index (χ4n) is 4.01. The van der Waals surface area contributed by atoms with Crippen molar-refractivity contribution in [2.75, 3.05) is 12.4 Å². The number of alkyl halides is 3. The fraction of sp³-hybridized carbons (Fsp3) is 0.500. The zero-order valence-electron chi connectivity index (χ0n) is 17.7. The Labute approximate surface area is 183 Å². The number of aromatic nitrogens is 4. The Balaban J connectivity index is 1.51. The summed E-state index contributed by atoms with van der Waals surface area (Å²) in [6, 6.07) is 5.86.